The topological polar surface area (TPSA) is 56.9 Å². The van der Waals surface area contributed by atoms with Crippen molar-refractivity contribution in [3.05, 3.63) is 44.1 Å². The quantitative estimate of drug-likeness (QED) is 0.796. The molecule has 0 radical (unpaired) electrons. The maximum Gasteiger partial charge on any atom is 0.416 e. The standard InChI is InChI=1S/C12H8Cl2F3N3O2/c1-2-19-9(5-21)18-20(11(19)22)10-7(13)3-6(4-8(10)14)12(15,16)17/h3-5H,2H2,1H3. The molecule has 118 valence electrons. The molecule has 0 aliphatic rings. The van der Waals surface area contributed by atoms with Crippen molar-refractivity contribution in [1.82, 2.24) is 14.3 Å². The van der Waals surface area contributed by atoms with Gasteiger partial charge in [0.15, 0.2) is 12.1 Å². The Morgan fingerprint density at radius 2 is 1.82 bits per heavy atom. The Kier molecular flexibility index (Phi) is 4.35. The van der Waals surface area contributed by atoms with Crippen molar-refractivity contribution in [2.45, 2.75) is 19.6 Å². The molecule has 10 heteroatoms. The molecule has 1 aromatic heterocycles. The second kappa shape index (κ2) is 5.77. The minimum absolute atomic E-state index is 0.156. The average Bonchev–Trinajstić information content (AvgIpc) is 2.73. The second-order valence-electron chi connectivity index (χ2n) is 4.20. The molecule has 0 fully saturated rings. The zero-order valence-corrected chi connectivity index (χ0v) is 12.5. The van der Waals surface area contributed by atoms with Crippen molar-refractivity contribution in [2.75, 3.05) is 0 Å². The van der Waals surface area contributed by atoms with Gasteiger partial charge in [-0.2, -0.15) is 17.9 Å². The first kappa shape index (κ1) is 16.6. The Bertz CT molecular complexity index is 773. The van der Waals surface area contributed by atoms with Crippen LogP contribution in [-0.2, 0) is 12.7 Å². The third-order valence-corrected chi connectivity index (χ3v) is 3.44. The Morgan fingerprint density at radius 3 is 2.18 bits per heavy atom. The summed E-state index contributed by atoms with van der Waals surface area (Å²) in [6.45, 7) is 1.76. The van der Waals surface area contributed by atoms with Crippen molar-refractivity contribution >= 4 is 29.5 Å². The first-order valence-electron chi connectivity index (χ1n) is 5.92. The number of hydrogen-bond acceptors (Lipinski definition) is 3. The molecule has 2 rings (SSSR count). The van der Waals surface area contributed by atoms with Crippen molar-refractivity contribution in [1.29, 1.82) is 0 Å². The average molecular weight is 354 g/mol. The zero-order valence-electron chi connectivity index (χ0n) is 11.0. The number of carbonyl (C=O) groups excluding carboxylic acids is 1. The number of nitrogens with zero attached hydrogens (tertiary/aromatic N) is 3. The van der Waals surface area contributed by atoms with Gasteiger partial charge >= 0.3 is 11.9 Å². The molecule has 5 nitrogen and oxygen atoms in total. The smallest absolute Gasteiger partial charge is 0.294 e. The van der Waals surface area contributed by atoms with Crippen LogP contribution in [0, 0.1) is 0 Å². The van der Waals surface area contributed by atoms with E-state index in [1.54, 1.807) is 6.92 Å². The van der Waals surface area contributed by atoms with Crippen LogP contribution in [-0.4, -0.2) is 20.6 Å². The highest BCUT2D eigenvalue weighted by Crippen LogP contribution is 2.36. The number of aldehydes is 1. The Labute approximate surface area is 131 Å². The van der Waals surface area contributed by atoms with Crippen molar-refractivity contribution in [2.24, 2.45) is 0 Å². The number of aromatic nitrogens is 3. The highest BCUT2D eigenvalue weighted by atomic mass is 35.5. The lowest BCUT2D eigenvalue weighted by molar-refractivity contribution is -0.137. The lowest BCUT2D eigenvalue weighted by Crippen LogP contribution is -2.24. The van der Waals surface area contributed by atoms with E-state index in [0.717, 1.165) is 4.57 Å². The van der Waals surface area contributed by atoms with Crippen LogP contribution in [0.15, 0.2) is 16.9 Å². The molecular formula is C12H8Cl2F3N3O2. The van der Waals surface area contributed by atoms with E-state index in [2.05, 4.69) is 5.10 Å². The highest BCUT2D eigenvalue weighted by Gasteiger charge is 2.32. The first-order valence-corrected chi connectivity index (χ1v) is 6.68. The van der Waals surface area contributed by atoms with E-state index in [9.17, 15) is 22.8 Å². The number of hydrogen-bond donors (Lipinski definition) is 0. The van der Waals surface area contributed by atoms with Crippen LogP contribution in [0.4, 0.5) is 13.2 Å². The van der Waals surface area contributed by atoms with E-state index in [1.807, 2.05) is 0 Å². The molecule has 0 bridgehead atoms. The molecule has 0 N–H and O–H groups in total. The minimum atomic E-state index is -4.63. The van der Waals surface area contributed by atoms with E-state index >= 15 is 0 Å². The molecule has 0 aliphatic carbocycles. The predicted molar refractivity (Wildman–Crippen MR) is 73.9 cm³/mol. The van der Waals surface area contributed by atoms with Gasteiger partial charge < -0.3 is 0 Å². The van der Waals surface area contributed by atoms with E-state index in [4.69, 9.17) is 23.2 Å². The summed E-state index contributed by atoms with van der Waals surface area (Å²) >= 11 is 11.6. The number of benzene rings is 1. The number of carbonyl (C=O) groups is 1. The molecule has 22 heavy (non-hydrogen) atoms. The molecule has 0 aliphatic heterocycles. The van der Waals surface area contributed by atoms with Gasteiger partial charge in [0.2, 0.25) is 0 Å². The number of halogens is 5. The van der Waals surface area contributed by atoms with Gasteiger partial charge in [0.1, 0.15) is 5.69 Å². The number of alkyl halides is 3. The van der Waals surface area contributed by atoms with Gasteiger partial charge in [-0.15, -0.1) is 5.10 Å². The Morgan fingerprint density at radius 1 is 1.27 bits per heavy atom. The fourth-order valence-corrected chi connectivity index (χ4v) is 2.52. The van der Waals surface area contributed by atoms with Crippen molar-refractivity contribution in [3.63, 3.8) is 0 Å². The molecule has 1 heterocycles. The zero-order chi connectivity index (χ0) is 16.7. The summed E-state index contributed by atoms with van der Waals surface area (Å²) < 4.78 is 39.8. The summed E-state index contributed by atoms with van der Waals surface area (Å²) in [5.74, 6) is -0.181. The van der Waals surface area contributed by atoms with Gasteiger partial charge in [0.05, 0.1) is 15.6 Å². The normalized spacial score (nSPS) is 11.7. The Hall–Kier alpha value is -1.80. The lowest BCUT2D eigenvalue weighted by Gasteiger charge is -2.11. The molecule has 1 aromatic carbocycles. The Balaban J connectivity index is 2.72. The third-order valence-electron chi connectivity index (χ3n) is 2.87. The summed E-state index contributed by atoms with van der Waals surface area (Å²) in [5.41, 5.74) is -1.99. The van der Waals surface area contributed by atoms with E-state index < -0.39 is 27.5 Å². The van der Waals surface area contributed by atoms with Crippen LogP contribution in [0.1, 0.15) is 23.1 Å². The third kappa shape index (κ3) is 2.76. The van der Waals surface area contributed by atoms with Gasteiger partial charge in [-0.05, 0) is 19.1 Å². The molecular weight excluding hydrogens is 346 g/mol. The van der Waals surface area contributed by atoms with E-state index in [-0.39, 0.29) is 18.1 Å². The van der Waals surface area contributed by atoms with E-state index in [1.165, 1.54) is 0 Å². The van der Waals surface area contributed by atoms with Crippen LogP contribution in [0.25, 0.3) is 5.69 Å². The van der Waals surface area contributed by atoms with Crippen LogP contribution in [0.3, 0.4) is 0 Å². The van der Waals surface area contributed by atoms with Crippen LogP contribution in [0.2, 0.25) is 10.0 Å². The predicted octanol–water partition coefficient (Wildman–Crippen LogP) is 3.19. The first-order chi connectivity index (χ1) is 10.2. The molecule has 2 aromatic rings. The van der Waals surface area contributed by atoms with Gasteiger partial charge in [-0.25, -0.2) is 4.79 Å². The van der Waals surface area contributed by atoms with Gasteiger partial charge in [-0.3, -0.25) is 9.36 Å². The largest absolute Gasteiger partial charge is 0.416 e. The molecule has 0 saturated carbocycles. The van der Waals surface area contributed by atoms with Gasteiger partial charge in [0.25, 0.3) is 0 Å². The second-order valence-corrected chi connectivity index (χ2v) is 5.02. The minimum Gasteiger partial charge on any atom is -0.294 e. The van der Waals surface area contributed by atoms with Gasteiger partial charge in [0, 0.05) is 6.54 Å². The summed E-state index contributed by atoms with van der Waals surface area (Å²) in [7, 11) is 0. The maximum absolute atomic E-state index is 12.7. The fourth-order valence-electron chi connectivity index (χ4n) is 1.87. The van der Waals surface area contributed by atoms with E-state index in [0.29, 0.717) is 23.1 Å². The van der Waals surface area contributed by atoms with Crippen LogP contribution >= 0.6 is 23.2 Å². The maximum atomic E-state index is 12.7. The van der Waals surface area contributed by atoms with Gasteiger partial charge in [-0.1, -0.05) is 23.2 Å². The molecule has 0 saturated heterocycles. The van der Waals surface area contributed by atoms with Crippen molar-refractivity contribution < 1.29 is 18.0 Å². The fraction of sp³-hybridized carbons (Fsp3) is 0.250. The monoisotopic (exact) mass is 353 g/mol. The summed E-state index contributed by atoms with van der Waals surface area (Å²) in [6, 6.07) is 1.28. The van der Waals surface area contributed by atoms with Crippen molar-refractivity contribution in [3.8, 4) is 5.69 Å². The number of rotatable bonds is 3. The van der Waals surface area contributed by atoms with Crippen LogP contribution in [0.5, 0.6) is 0 Å². The molecule has 0 atom stereocenters. The molecule has 0 spiro atoms. The summed E-state index contributed by atoms with van der Waals surface area (Å²) in [4.78, 5) is 23.0. The summed E-state index contributed by atoms with van der Waals surface area (Å²) in [6.07, 6.45) is -4.28. The molecule has 0 unspecified atom stereocenters. The summed E-state index contributed by atoms with van der Waals surface area (Å²) in [5, 5.41) is 2.93. The SMILES string of the molecule is CCn1c(C=O)nn(-c2c(Cl)cc(C(F)(F)F)cc2Cl)c1=O. The van der Waals surface area contributed by atoms with Crippen LogP contribution < -0.4 is 5.69 Å². The highest BCUT2D eigenvalue weighted by molar-refractivity contribution is 6.37. The molecule has 0 amide bonds. The lowest BCUT2D eigenvalue weighted by atomic mass is 10.2.